The van der Waals surface area contributed by atoms with Gasteiger partial charge >= 0.3 is 0 Å². The Kier molecular flexibility index (Phi) is 3.28. The number of nitrogen functional groups attached to an aromatic ring is 1. The van der Waals surface area contributed by atoms with Gasteiger partial charge in [0.05, 0.1) is 6.61 Å². The zero-order valence-corrected chi connectivity index (χ0v) is 11.4. The Hall–Kier alpha value is -1.77. The van der Waals surface area contributed by atoms with Crippen molar-refractivity contribution >= 4 is 16.5 Å². The van der Waals surface area contributed by atoms with Crippen LogP contribution in [0.15, 0.2) is 24.4 Å². The number of hydrogen-bond donors (Lipinski definition) is 1. The molecule has 0 unspecified atom stereocenters. The van der Waals surface area contributed by atoms with Crippen LogP contribution in [0.25, 0.3) is 10.8 Å². The van der Waals surface area contributed by atoms with Gasteiger partial charge in [0, 0.05) is 28.4 Å². The summed E-state index contributed by atoms with van der Waals surface area (Å²) in [4.78, 5) is 4.30. The highest BCUT2D eigenvalue weighted by Gasteiger charge is 2.17. The zero-order chi connectivity index (χ0) is 13.2. The number of fused-ring (bicyclic) bond motifs is 1. The van der Waals surface area contributed by atoms with E-state index < -0.39 is 0 Å². The van der Waals surface area contributed by atoms with Crippen LogP contribution in [0.2, 0.25) is 0 Å². The van der Waals surface area contributed by atoms with Gasteiger partial charge in [-0.25, -0.2) is 0 Å². The van der Waals surface area contributed by atoms with Crippen molar-refractivity contribution < 1.29 is 4.74 Å². The number of nitrogens with two attached hydrogens (primary N) is 1. The molecule has 0 spiro atoms. The van der Waals surface area contributed by atoms with E-state index in [0.717, 1.165) is 46.8 Å². The van der Waals surface area contributed by atoms with Gasteiger partial charge in [0.15, 0.2) is 0 Å². The van der Waals surface area contributed by atoms with E-state index in [-0.39, 0.29) is 0 Å². The summed E-state index contributed by atoms with van der Waals surface area (Å²) >= 11 is 0. The summed E-state index contributed by atoms with van der Waals surface area (Å²) in [6.45, 7) is 2.78. The van der Waals surface area contributed by atoms with Gasteiger partial charge in [-0.05, 0) is 37.5 Å². The van der Waals surface area contributed by atoms with Gasteiger partial charge in [0.25, 0.3) is 0 Å². The van der Waals surface area contributed by atoms with Crippen molar-refractivity contribution in [3.05, 3.63) is 30.1 Å². The van der Waals surface area contributed by atoms with E-state index in [9.17, 15) is 0 Å². The number of ether oxygens (including phenoxy) is 1. The van der Waals surface area contributed by atoms with E-state index in [1.165, 1.54) is 19.3 Å². The zero-order valence-electron chi connectivity index (χ0n) is 11.4. The number of anilines is 1. The second-order valence-corrected chi connectivity index (χ2v) is 5.46. The lowest BCUT2D eigenvalue weighted by atomic mass is 9.83. The maximum atomic E-state index is 5.99. The van der Waals surface area contributed by atoms with Crippen molar-refractivity contribution in [1.29, 1.82) is 0 Å². The van der Waals surface area contributed by atoms with Gasteiger partial charge in [-0.1, -0.05) is 19.3 Å². The summed E-state index contributed by atoms with van der Waals surface area (Å²) in [7, 11) is 0. The molecule has 3 nitrogen and oxygen atoms in total. The minimum Gasteiger partial charge on any atom is -0.493 e. The molecule has 3 rings (SSSR count). The molecule has 0 saturated heterocycles. The molecule has 1 aliphatic carbocycles. The number of benzene rings is 1. The topological polar surface area (TPSA) is 48.1 Å². The molecule has 2 aromatic rings. The normalized spacial score (nSPS) is 15.4. The number of aromatic nitrogens is 1. The van der Waals surface area contributed by atoms with Crippen LogP contribution in [0.4, 0.5) is 5.69 Å². The first kappa shape index (κ1) is 12.3. The Labute approximate surface area is 113 Å². The van der Waals surface area contributed by atoms with Gasteiger partial charge < -0.3 is 10.5 Å². The third kappa shape index (κ3) is 2.50. The van der Waals surface area contributed by atoms with Crippen LogP contribution in [-0.4, -0.2) is 11.6 Å². The van der Waals surface area contributed by atoms with E-state index in [1.54, 1.807) is 0 Å². The summed E-state index contributed by atoms with van der Waals surface area (Å²) < 4.78 is 5.95. The quantitative estimate of drug-likeness (QED) is 0.849. The molecule has 1 fully saturated rings. The van der Waals surface area contributed by atoms with Gasteiger partial charge in [0.2, 0.25) is 0 Å². The predicted molar refractivity (Wildman–Crippen MR) is 78.3 cm³/mol. The maximum absolute atomic E-state index is 5.99. The molecule has 1 aliphatic rings. The Balaban J connectivity index is 1.81. The first-order valence-corrected chi connectivity index (χ1v) is 7.01. The molecule has 0 atom stereocenters. The molecule has 1 aromatic carbocycles. The van der Waals surface area contributed by atoms with Crippen molar-refractivity contribution in [2.24, 2.45) is 5.92 Å². The van der Waals surface area contributed by atoms with Crippen LogP contribution in [0, 0.1) is 12.8 Å². The molecule has 0 bridgehead atoms. The lowest BCUT2D eigenvalue weighted by Crippen LogP contribution is -2.14. The first-order chi connectivity index (χ1) is 9.24. The molecule has 3 heteroatoms. The number of nitrogens with zero attached hydrogens (tertiary/aromatic N) is 1. The van der Waals surface area contributed by atoms with Crippen molar-refractivity contribution in [1.82, 2.24) is 4.98 Å². The molecule has 19 heavy (non-hydrogen) atoms. The molecule has 0 amide bonds. The van der Waals surface area contributed by atoms with Crippen molar-refractivity contribution in [2.45, 2.75) is 32.6 Å². The highest BCUT2D eigenvalue weighted by Crippen LogP contribution is 2.32. The maximum Gasteiger partial charge on any atom is 0.127 e. The Morgan fingerprint density at radius 3 is 2.89 bits per heavy atom. The predicted octanol–water partition coefficient (Wildman–Crippen LogP) is 3.69. The van der Waals surface area contributed by atoms with E-state index >= 15 is 0 Å². The molecule has 1 aromatic heterocycles. The second-order valence-electron chi connectivity index (χ2n) is 5.46. The molecule has 1 heterocycles. The summed E-state index contributed by atoms with van der Waals surface area (Å²) in [5.41, 5.74) is 7.73. The van der Waals surface area contributed by atoms with Gasteiger partial charge in [-0.3, -0.25) is 4.98 Å². The minimum atomic E-state index is 0.758. The highest BCUT2D eigenvalue weighted by molar-refractivity contribution is 5.96. The summed E-state index contributed by atoms with van der Waals surface area (Å²) in [5, 5.41) is 2.05. The third-order valence-corrected chi connectivity index (χ3v) is 4.04. The molecule has 2 N–H and O–H groups in total. The molecule has 0 radical (unpaired) electrons. The van der Waals surface area contributed by atoms with Crippen LogP contribution in [0.5, 0.6) is 5.75 Å². The smallest absolute Gasteiger partial charge is 0.127 e. The SMILES string of the molecule is Cc1cc2c(OCCC3CCC3)ccc(N)c2cn1. The van der Waals surface area contributed by atoms with Crippen LogP contribution in [-0.2, 0) is 0 Å². The first-order valence-electron chi connectivity index (χ1n) is 7.01. The highest BCUT2D eigenvalue weighted by atomic mass is 16.5. The average molecular weight is 256 g/mol. The molecular formula is C16H20N2O. The fraction of sp³-hybridized carbons (Fsp3) is 0.438. The van der Waals surface area contributed by atoms with E-state index in [0.29, 0.717) is 0 Å². The summed E-state index contributed by atoms with van der Waals surface area (Å²) in [6.07, 6.45) is 7.12. The van der Waals surface area contributed by atoms with Crippen LogP contribution in [0.3, 0.4) is 0 Å². The Morgan fingerprint density at radius 2 is 2.16 bits per heavy atom. The van der Waals surface area contributed by atoms with Crippen LogP contribution >= 0.6 is 0 Å². The Morgan fingerprint density at radius 1 is 1.32 bits per heavy atom. The molecular weight excluding hydrogens is 236 g/mol. The standard InChI is InChI=1S/C16H20N2O/c1-11-9-13-14(10-18-11)15(17)5-6-16(13)19-8-7-12-3-2-4-12/h5-6,9-10,12H,2-4,7-8,17H2,1H3. The van der Waals surface area contributed by atoms with Crippen LogP contribution in [0.1, 0.15) is 31.4 Å². The Bertz CT molecular complexity index is 591. The fourth-order valence-corrected chi connectivity index (χ4v) is 2.58. The summed E-state index contributed by atoms with van der Waals surface area (Å²) in [6, 6.07) is 5.92. The van der Waals surface area contributed by atoms with E-state index in [2.05, 4.69) is 4.98 Å². The lowest BCUT2D eigenvalue weighted by molar-refractivity contribution is 0.223. The average Bonchev–Trinajstić information content (AvgIpc) is 2.34. The van der Waals surface area contributed by atoms with Gasteiger partial charge in [0.1, 0.15) is 5.75 Å². The largest absolute Gasteiger partial charge is 0.493 e. The van der Waals surface area contributed by atoms with Crippen molar-refractivity contribution in [2.75, 3.05) is 12.3 Å². The van der Waals surface area contributed by atoms with E-state index in [4.69, 9.17) is 10.5 Å². The van der Waals surface area contributed by atoms with Crippen molar-refractivity contribution in [3.63, 3.8) is 0 Å². The lowest BCUT2D eigenvalue weighted by Gasteiger charge is -2.25. The summed E-state index contributed by atoms with van der Waals surface area (Å²) in [5.74, 6) is 1.80. The van der Waals surface area contributed by atoms with Gasteiger partial charge in [-0.15, -0.1) is 0 Å². The minimum absolute atomic E-state index is 0.758. The second kappa shape index (κ2) is 5.08. The number of rotatable bonds is 4. The van der Waals surface area contributed by atoms with Crippen molar-refractivity contribution in [3.8, 4) is 5.75 Å². The van der Waals surface area contributed by atoms with Gasteiger partial charge in [-0.2, -0.15) is 0 Å². The van der Waals surface area contributed by atoms with Crippen LogP contribution < -0.4 is 10.5 Å². The molecule has 1 saturated carbocycles. The molecule has 100 valence electrons. The fourth-order valence-electron chi connectivity index (χ4n) is 2.58. The third-order valence-electron chi connectivity index (χ3n) is 4.04. The molecule has 0 aliphatic heterocycles. The number of pyridine rings is 1. The number of aryl methyl sites for hydroxylation is 1. The number of hydrogen-bond acceptors (Lipinski definition) is 3. The van der Waals surface area contributed by atoms with E-state index in [1.807, 2.05) is 31.3 Å². The monoisotopic (exact) mass is 256 g/mol.